The molecule has 3 aromatic rings. The Morgan fingerprint density at radius 3 is 2.30 bits per heavy atom. The molecule has 156 valence electrons. The zero-order valence-electron chi connectivity index (χ0n) is 16.2. The van der Waals surface area contributed by atoms with Crippen LogP contribution in [0.4, 0.5) is 15.8 Å². The molecule has 0 aromatic heterocycles. The van der Waals surface area contributed by atoms with E-state index in [-0.39, 0.29) is 21.8 Å². The Morgan fingerprint density at radius 1 is 1.03 bits per heavy atom. The summed E-state index contributed by atoms with van der Waals surface area (Å²) in [5, 5.41) is 10.9. The van der Waals surface area contributed by atoms with Crippen LogP contribution in [0, 0.1) is 15.9 Å². The van der Waals surface area contributed by atoms with Crippen molar-refractivity contribution >= 4 is 21.4 Å². The Balaban J connectivity index is 2.17. The van der Waals surface area contributed by atoms with Crippen molar-refractivity contribution in [3.05, 3.63) is 94.3 Å². The van der Waals surface area contributed by atoms with Gasteiger partial charge >= 0.3 is 0 Å². The Bertz CT molecular complexity index is 1170. The molecular weight excluding hydrogens is 411 g/mol. The van der Waals surface area contributed by atoms with E-state index in [9.17, 15) is 22.9 Å². The molecule has 1 atom stereocenters. The monoisotopic (exact) mass is 430 g/mol. The number of nitrogens with zero attached hydrogens (tertiary/aromatic N) is 2. The number of sulfonamides is 1. The molecule has 0 unspecified atom stereocenters. The molecule has 0 aliphatic rings. The van der Waals surface area contributed by atoms with Gasteiger partial charge in [0.2, 0.25) is 0 Å². The van der Waals surface area contributed by atoms with Crippen LogP contribution < -0.4 is 9.04 Å². The first kappa shape index (κ1) is 21.3. The van der Waals surface area contributed by atoms with Crippen molar-refractivity contribution in [2.75, 3.05) is 11.4 Å². The topological polar surface area (TPSA) is 89.8 Å². The molecule has 0 heterocycles. The molecule has 0 N–H and O–H groups in total. The highest BCUT2D eigenvalue weighted by Gasteiger charge is 2.32. The van der Waals surface area contributed by atoms with E-state index in [4.69, 9.17) is 4.74 Å². The van der Waals surface area contributed by atoms with E-state index in [0.29, 0.717) is 5.75 Å². The molecule has 0 spiro atoms. The standard InChI is InChI=1S/C21H19FN2O5S/c1-15(20-8-3-4-9-21(20)22)23(17-6-5-7-18(14-17)29-2)30(27,28)19-12-10-16(11-13-19)24(25)26/h3-15H,1-2H3/t15-/m0/s1. The van der Waals surface area contributed by atoms with Crippen LogP contribution in [0.2, 0.25) is 0 Å². The fourth-order valence-electron chi connectivity index (χ4n) is 3.11. The lowest BCUT2D eigenvalue weighted by molar-refractivity contribution is -0.384. The van der Waals surface area contributed by atoms with Crippen LogP contribution in [0.3, 0.4) is 0 Å². The molecule has 0 aliphatic carbocycles. The number of hydrogen-bond acceptors (Lipinski definition) is 5. The van der Waals surface area contributed by atoms with E-state index in [0.717, 1.165) is 28.6 Å². The third-order valence-electron chi connectivity index (χ3n) is 4.62. The summed E-state index contributed by atoms with van der Waals surface area (Å²) in [4.78, 5) is 10.1. The number of nitro groups is 1. The van der Waals surface area contributed by atoms with Crippen molar-refractivity contribution in [1.82, 2.24) is 0 Å². The smallest absolute Gasteiger partial charge is 0.269 e. The molecule has 9 heteroatoms. The van der Waals surface area contributed by atoms with E-state index < -0.39 is 26.8 Å². The fraction of sp³-hybridized carbons (Fsp3) is 0.143. The molecule has 0 fully saturated rings. The predicted molar refractivity (Wildman–Crippen MR) is 111 cm³/mol. The zero-order chi connectivity index (χ0) is 21.9. The number of nitro benzene ring substituents is 1. The summed E-state index contributed by atoms with van der Waals surface area (Å²) in [6.07, 6.45) is 0. The van der Waals surface area contributed by atoms with Crippen molar-refractivity contribution in [3.8, 4) is 5.75 Å². The van der Waals surface area contributed by atoms with Gasteiger partial charge in [0.05, 0.1) is 28.7 Å². The molecule has 7 nitrogen and oxygen atoms in total. The summed E-state index contributed by atoms with van der Waals surface area (Å²) in [5.74, 6) is -0.117. The lowest BCUT2D eigenvalue weighted by atomic mass is 10.1. The van der Waals surface area contributed by atoms with Gasteiger partial charge in [-0.15, -0.1) is 0 Å². The van der Waals surface area contributed by atoms with Crippen molar-refractivity contribution in [1.29, 1.82) is 0 Å². The molecular formula is C21H19FN2O5S. The Kier molecular flexibility index (Phi) is 6.02. The minimum atomic E-state index is -4.20. The second kappa shape index (κ2) is 8.50. The molecule has 30 heavy (non-hydrogen) atoms. The second-order valence-corrected chi connectivity index (χ2v) is 8.27. The van der Waals surface area contributed by atoms with Gasteiger partial charge < -0.3 is 4.74 Å². The normalized spacial score (nSPS) is 12.2. The van der Waals surface area contributed by atoms with E-state index in [1.54, 1.807) is 31.2 Å². The van der Waals surface area contributed by atoms with Gasteiger partial charge in [-0.25, -0.2) is 12.8 Å². The molecule has 0 aliphatic heterocycles. The van der Waals surface area contributed by atoms with Gasteiger partial charge in [0.25, 0.3) is 15.7 Å². The maximum Gasteiger partial charge on any atom is 0.269 e. The highest BCUT2D eigenvalue weighted by atomic mass is 32.2. The second-order valence-electron chi connectivity index (χ2n) is 6.45. The minimum Gasteiger partial charge on any atom is -0.497 e. The summed E-state index contributed by atoms with van der Waals surface area (Å²) >= 11 is 0. The Hall–Kier alpha value is -3.46. The van der Waals surface area contributed by atoms with E-state index in [1.807, 2.05) is 0 Å². The summed E-state index contributed by atoms with van der Waals surface area (Å²) in [7, 11) is -2.74. The SMILES string of the molecule is COc1cccc(N([C@@H](C)c2ccccc2F)S(=O)(=O)c2ccc([N+](=O)[O-])cc2)c1. The van der Waals surface area contributed by atoms with E-state index in [1.165, 1.54) is 31.4 Å². The Labute approximate surface area is 173 Å². The molecule has 3 rings (SSSR count). The molecule has 3 aromatic carbocycles. The summed E-state index contributed by atoms with van der Waals surface area (Å²) in [6, 6.07) is 15.9. The van der Waals surface area contributed by atoms with Crippen molar-refractivity contribution < 1.29 is 22.5 Å². The molecule has 0 bridgehead atoms. The van der Waals surface area contributed by atoms with Crippen LogP contribution in [0.1, 0.15) is 18.5 Å². The number of ether oxygens (including phenoxy) is 1. The van der Waals surface area contributed by atoms with E-state index >= 15 is 0 Å². The van der Waals surface area contributed by atoms with Crippen LogP contribution in [0.15, 0.2) is 77.7 Å². The number of methoxy groups -OCH3 is 1. The number of anilines is 1. The van der Waals surface area contributed by atoms with Gasteiger partial charge in [0, 0.05) is 23.8 Å². The first-order valence-electron chi connectivity index (χ1n) is 8.93. The van der Waals surface area contributed by atoms with Crippen molar-refractivity contribution in [3.63, 3.8) is 0 Å². The molecule has 0 saturated carbocycles. The highest BCUT2D eigenvalue weighted by Crippen LogP contribution is 2.36. The number of non-ortho nitro benzene ring substituents is 1. The predicted octanol–water partition coefficient (Wildman–Crippen LogP) is 4.70. The summed E-state index contributed by atoms with van der Waals surface area (Å²) < 4.78 is 47.8. The van der Waals surface area contributed by atoms with Crippen LogP contribution in [-0.2, 0) is 10.0 Å². The third-order valence-corrected chi connectivity index (χ3v) is 6.53. The van der Waals surface area contributed by atoms with Crippen LogP contribution in [0.25, 0.3) is 0 Å². The number of rotatable bonds is 7. The molecule has 0 amide bonds. The fourth-order valence-corrected chi connectivity index (χ4v) is 4.74. The number of hydrogen-bond donors (Lipinski definition) is 0. The Morgan fingerprint density at radius 2 is 1.70 bits per heavy atom. The average Bonchev–Trinajstić information content (AvgIpc) is 2.74. The lowest BCUT2D eigenvalue weighted by Gasteiger charge is -2.31. The van der Waals surface area contributed by atoms with Crippen molar-refractivity contribution in [2.45, 2.75) is 17.9 Å². The zero-order valence-corrected chi connectivity index (χ0v) is 17.0. The van der Waals surface area contributed by atoms with Gasteiger partial charge in [-0.3, -0.25) is 14.4 Å². The highest BCUT2D eigenvalue weighted by molar-refractivity contribution is 7.92. The minimum absolute atomic E-state index is 0.154. The number of benzene rings is 3. The molecule has 0 saturated heterocycles. The van der Waals surface area contributed by atoms with Gasteiger partial charge in [-0.05, 0) is 37.3 Å². The van der Waals surface area contributed by atoms with Gasteiger partial charge in [-0.1, -0.05) is 24.3 Å². The van der Waals surface area contributed by atoms with Gasteiger partial charge in [0.15, 0.2) is 0 Å². The largest absolute Gasteiger partial charge is 0.497 e. The number of halogens is 1. The van der Waals surface area contributed by atoms with Gasteiger partial charge in [0.1, 0.15) is 11.6 Å². The third kappa shape index (κ3) is 4.11. The van der Waals surface area contributed by atoms with Gasteiger partial charge in [-0.2, -0.15) is 0 Å². The first-order valence-corrected chi connectivity index (χ1v) is 10.4. The summed E-state index contributed by atoms with van der Waals surface area (Å²) in [5.41, 5.74) is 0.221. The van der Waals surface area contributed by atoms with Crippen LogP contribution in [-0.4, -0.2) is 20.5 Å². The molecule has 0 radical (unpaired) electrons. The first-order chi connectivity index (χ1) is 14.3. The van der Waals surface area contributed by atoms with E-state index in [2.05, 4.69) is 0 Å². The van der Waals surface area contributed by atoms with Crippen LogP contribution >= 0.6 is 0 Å². The van der Waals surface area contributed by atoms with Crippen LogP contribution in [0.5, 0.6) is 5.75 Å². The maximum absolute atomic E-state index is 14.5. The maximum atomic E-state index is 14.5. The quantitative estimate of drug-likeness (QED) is 0.400. The summed E-state index contributed by atoms with van der Waals surface area (Å²) in [6.45, 7) is 1.57. The van der Waals surface area contributed by atoms with Crippen molar-refractivity contribution in [2.24, 2.45) is 0 Å². The lowest BCUT2D eigenvalue weighted by Crippen LogP contribution is -2.34. The average molecular weight is 430 g/mol.